The zero-order valence-electron chi connectivity index (χ0n) is 10.8. The highest BCUT2D eigenvalue weighted by Crippen LogP contribution is 2.17. The van der Waals surface area contributed by atoms with Gasteiger partial charge in [0, 0.05) is 19.7 Å². The molecule has 0 aromatic heterocycles. The van der Waals surface area contributed by atoms with Crippen molar-refractivity contribution in [2.45, 2.75) is 51.8 Å². The summed E-state index contributed by atoms with van der Waals surface area (Å²) in [6.45, 7) is 7.42. The van der Waals surface area contributed by atoms with Crippen molar-refractivity contribution in [3.8, 4) is 0 Å². The molecule has 1 N–H and O–H groups in total. The van der Waals surface area contributed by atoms with Crippen molar-refractivity contribution < 1.29 is 9.53 Å². The molecule has 1 aliphatic heterocycles. The van der Waals surface area contributed by atoms with Crippen molar-refractivity contribution >= 4 is 5.91 Å². The van der Waals surface area contributed by atoms with Crippen molar-refractivity contribution in [2.24, 2.45) is 0 Å². The normalized spacial score (nSPS) is 26.8. The molecule has 0 saturated carbocycles. The zero-order chi connectivity index (χ0) is 12.1. The number of likely N-dealkylation sites (N-methyl/N-ethyl adjacent to an activating group) is 1. The van der Waals surface area contributed by atoms with E-state index in [1.807, 2.05) is 18.9 Å². The van der Waals surface area contributed by atoms with Crippen LogP contribution in [0.4, 0.5) is 0 Å². The van der Waals surface area contributed by atoms with E-state index in [0.29, 0.717) is 12.6 Å². The van der Waals surface area contributed by atoms with E-state index < -0.39 is 0 Å². The number of carbonyl (C=O) groups is 1. The molecule has 4 nitrogen and oxygen atoms in total. The summed E-state index contributed by atoms with van der Waals surface area (Å²) < 4.78 is 5.47. The number of rotatable bonds is 5. The van der Waals surface area contributed by atoms with Crippen molar-refractivity contribution in [3.05, 3.63) is 0 Å². The van der Waals surface area contributed by atoms with Gasteiger partial charge in [0.15, 0.2) is 0 Å². The van der Waals surface area contributed by atoms with Crippen molar-refractivity contribution in [2.75, 3.05) is 20.2 Å². The standard InChI is InChI=1S/C12H24N2O2/c1-5-9(2)13-8-12(15)14(4)11-6-7-16-10(11)3/h9-11,13H,5-8H2,1-4H3. The highest BCUT2D eigenvalue weighted by atomic mass is 16.5. The maximum atomic E-state index is 11.9. The Morgan fingerprint density at radius 2 is 2.31 bits per heavy atom. The molecule has 3 atom stereocenters. The number of carbonyl (C=O) groups excluding carboxylic acids is 1. The summed E-state index contributed by atoms with van der Waals surface area (Å²) in [6.07, 6.45) is 2.16. The molecule has 1 fully saturated rings. The third kappa shape index (κ3) is 3.46. The van der Waals surface area contributed by atoms with Gasteiger partial charge in [-0.1, -0.05) is 6.92 Å². The quantitative estimate of drug-likeness (QED) is 0.763. The lowest BCUT2D eigenvalue weighted by molar-refractivity contribution is -0.132. The van der Waals surface area contributed by atoms with Crippen LogP contribution >= 0.6 is 0 Å². The molecule has 0 spiro atoms. The Balaban J connectivity index is 2.35. The topological polar surface area (TPSA) is 41.6 Å². The van der Waals surface area contributed by atoms with E-state index in [2.05, 4.69) is 19.2 Å². The number of nitrogens with one attached hydrogen (secondary N) is 1. The Kier molecular flexibility index (Phi) is 5.22. The Bertz CT molecular complexity index is 233. The van der Waals surface area contributed by atoms with Gasteiger partial charge < -0.3 is 15.0 Å². The first-order chi connectivity index (χ1) is 7.56. The van der Waals surface area contributed by atoms with Crippen LogP contribution in [0.5, 0.6) is 0 Å². The molecule has 1 aliphatic rings. The number of nitrogens with zero attached hydrogens (tertiary/aromatic N) is 1. The van der Waals surface area contributed by atoms with E-state index in [9.17, 15) is 4.79 Å². The third-order valence-corrected chi connectivity index (χ3v) is 3.44. The van der Waals surface area contributed by atoms with Gasteiger partial charge in [-0.25, -0.2) is 0 Å². The van der Waals surface area contributed by atoms with Crippen molar-refractivity contribution in [1.82, 2.24) is 10.2 Å². The third-order valence-electron chi connectivity index (χ3n) is 3.44. The molecule has 1 heterocycles. The number of ether oxygens (including phenoxy) is 1. The van der Waals surface area contributed by atoms with Crippen molar-refractivity contribution in [3.63, 3.8) is 0 Å². The molecular weight excluding hydrogens is 204 g/mol. The molecule has 0 bridgehead atoms. The van der Waals surface area contributed by atoms with Crippen LogP contribution in [0.2, 0.25) is 0 Å². The van der Waals surface area contributed by atoms with Crippen LogP contribution in [0.15, 0.2) is 0 Å². The van der Waals surface area contributed by atoms with E-state index in [-0.39, 0.29) is 18.1 Å². The molecule has 16 heavy (non-hydrogen) atoms. The average Bonchev–Trinajstić information content (AvgIpc) is 2.70. The average molecular weight is 228 g/mol. The smallest absolute Gasteiger partial charge is 0.236 e. The van der Waals surface area contributed by atoms with Gasteiger partial charge in [0.25, 0.3) is 0 Å². The first-order valence-electron chi connectivity index (χ1n) is 6.16. The monoisotopic (exact) mass is 228 g/mol. The number of amides is 1. The largest absolute Gasteiger partial charge is 0.376 e. The fourth-order valence-corrected chi connectivity index (χ4v) is 1.94. The molecule has 0 radical (unpaired) electrons. The Hall–Kier alpha value is -0.610. The van der Waals surface area contributed by atoms with Gasteiger partial charge in [-0.05, 0) is 26.7 Å². The summed E-state index contributed by atoms with van der Waals surface area (Å²) in [5.41, 5.74) is 0. The molecule has 1 saturated heterocycles. The molecular formula is C12H24N2O2. The second-order valence-corrected chi connectivity index (χ2v) is 4.63. The first kappa shape index (κ1) is 13.5. The van der Waals surface area contributed by atoms with Gasteiger partial charge in [-0.2, -0.15) is 0 Å². The van der Waals surface area contributed by atoms with E-state index in [1.165, 1.54) is 0 Å². The van der Waals surface area contributed by atoms with Gasteiger partial charge in [0.2, 0.25) is 5.91 Å². The lowest BCUT2D eigenvalue weighted by atomic mass is 10.1. The van der Waals surface area contributed by atoms with Crippen molar-refractivity contribution in [1.29, 1.82) is 0 Å². The maximum Gasteiger partial charge on any atom is 0.236 e. The van der Waals surface area contributed by atoms with Gasteiger partial charge in [0.1, 0.15) is 0 Å². The summed E-state index contributed by atoms with van der Waals surface area (Å²) in [5, 5.41) is 3.22. The van der Waals surface area contributed by atoms with Crippen LogP contribution in [0.25, 0.3) is 0 Å². The van der Waals surface area contributed by atoms with Crippen LogP contribution in [0.3, 0.4) is 0 Å². The Labute approximate surface area is 98.3 Å². The SMILES string of the molecule is CCC(C)NCC(=O)N(C)C1CCOC1C. The predicted molar refractivity (Wildman–Crippen MR) is 64.3 cm³/mol. The molecule has 0 aliphatic carbocycles. The highest BCUT2D eigenvalue weighted by Gasteiger charge is 2.30. The molecule has 4 heteroatoms. The predicted octanol–water partition coefficient (Wildman–Crippen LogP) is 1.01. The number of hydrogen-bond donors (Lipinski definition) is 1. The molecule has 1 amide bonds. The van der Waals surface area contributed by atoms with E-state index in [4.69, 9.17) is 4.74 Å². The molecule has 0 aromatic carbocycles. The minimum atomic E-state index is 0.155. The summed E-state index contributed by atoms with van der Waals surface area (Å²) >= 11 is 0. The second kappa shape index (κ2) is 6.21. The van der Waals surface area contributed by atoms with Crippen LogP contribution < -0.4 is 5.32 Å². The van der Waals surface area contributed by atoms with Crippen LogP contribution in [-0.4, -0.2) is 49.2 Å². The fourth-order valence-electron chi connectivity index (χ4n) is 1.94. The summed E-state index contributed by atoms with van der Waals surface area (Å²) in [5.74, 6) is 0.155. The molecule has 1 rings (SSSR count). The molecule has 0 aromatic rings. The van der Waals surface area contributed by atoms with E-state index in [1.54, 1.807) is 0 Å². The lowest BCUT2D eigenvalue weighted by Crippen LogP contribution is -2.46. The minimum Gasteiger partial charge on any atom is -0.376 e. The van der Waals surface area contributed by atoms with Gasteiger partial charge in [0.05, 0.1) is 18.7 Å². The lowest BCUT2D eigenvalue weighted by Gasteiger charge is -2.27. The Morgan fingerprint density at radius 1 is 1.62 bits per heavy atom. The van der Waals surface area contributed by atoms with E-state index >= 15 is 0 Å². The maximum absolute atomic E-state index is 11.9. The van der Waals surface area contributed by atoms with E-state index in [0.717, 1.165) is 19.4 Å². The zero-order valence-corrected chi connectivity index (χ0v) is 10.8. The molecule has 94 valence electrons. The van der Waals surface area contributed by atoms with Crippen LogP contribution in [0, 0.1) is 0 Å². The Morgan fingerprint density at radius 3 is 2.81 bits per heavy atom. The van der Waals surface area contributed by atoms with Crippen LogP contribution in [0.1, 0.15) is 33.6 Å². The highest BCUT2D eigenvalue weighted by molar-refractivity contribution is 5.78. The van der Waals surface area contributed by atoms with Crippen LogP contribution in [-0.2, 0) is 9.53 Å². The summed E-state index contributed by atoms with van der Waals surface area (Å²) in [7, 11) is 1.87. The second-order valence-electron chi connectivity index (χ2n) is 4.63. The summed E-state index contributed by atoms with van der Waals surface area (Å²) in [6, 6.07) is 0.640. The number of hydrogen-bond acceptors (Lipinski definition) is 3. The first-order valence-corrected chi connectivity index (χ1v) is 6.16. The van der Waals surface area contributed by atoms with Gasteiger partial charge in [-0.3, -0.25) is 4.79 Å². The van der Waals surface area contributed by atoms with Gasteiger partial charge in [-0.15, -0.1) is 0 Å². The van der Waals surface area contributed by atoms with Gasteiger partial charge >= 0.3 is 0 Å². The minimum absolute atomic E-state index is 0.155. The summed E-state index contributed by atoms with van der Waals surface area (Å²) in [4.78, 5) is 13.7. The molecule has 3 unspecified atom stereocenters. The fraction of sp³-hybridized carbons (Fsp3) is 0.917.